The van der Waals surface area contributed by atoms with Gasteiger partial charge in [-0.05, 0) is 66.6 Å². The lowest BCUT2D eigenvalue weighted by Gasteiger charge is -2.29. The highest BCUT2D eigenvalue weighted by molar-refractivity contribution is 6.05. The van der Waals surface area contributed by atoms with Gasteiger partial charge in [-0.25, -0.2) is 0 Å². The molecule has 4 heterocycles. The van der Waals surface area contributed by atoms with Crippen LogP contribution in [0.5, 0.6) is 0 Å². The lowest BCUT2D eigenvalue weighted by Crippen LogP contribution is -2.52. The van der Waals surface area contributed by atoms with E-state index in [1.807, 2.05) is 30.5 Å². The van der Waals surface area contributed by atoms with Crippen molar-refractivity contribution in [3.8, 4) is 0 Å². The first-order chi connectivity index (χ1) is 17.0. The predicted octanol–water partition coefficient (Wildman–Crippen LogP) is 3.06. The molecule has 1 N–H and O–H groups in total. The van der Waals surface area contributed by atoms with Crippen LogP contribution in [-0.2, 0) is 29.1 Å². The van der Waals surface area contributed by atoms with Gasteiger partial charge in [-0.3, -0.25) is 29.6 Å². The van der Waals surface area contributed by atoms with Gasteiger partial charge in [0.2, 0.25) is 11.8 Å². The smallest absolute Gasteiger partial charge is 0.255 e. The number of carbonyl (C=O) groups is 3. The summed E-state index contributed by atoms with van der Waals surface area (Å²) in [5.74, 6) is -0.169. The fraction of sp³-hybridized carbons (Fsp3) is 0.357. The van der Waals surface area contributed by atoms with Gasteiger partial charge in [0.1, 0.15) is 6.04 Å². The van der Waals surface area contributed by atoms with E-state index in [0.29, 0.717) is 24.4 Å². The van der Waals surface area contributed by atoms with E-state index in [4.69, 9.17) is 0 Å². The summed E-state index contributed by atoms with van der Waals surface area (Å²) in [6.45, 7) is 3.46. The summed E-state index contributed by atoms with van der Waals surface area (Å²) in [6.07, 6.45) is 4.78. The number of pyridine rings is 1. The maximum atomic E-state index is 12.9. The van der Waals surface area contributed by atoms with E-state index in [-0.39, 0.29) is 24.1 Å². The molecule has 2 saturated heterocycles. The van der Waals surface area contributed by atoms with Crippen LogP contribution in [0.2, 0.25) is 0 Å². The molecule has 2 aromatic carbocycles. The van der Waals surface area contributed by atoms with Crippen molar-refractivity contribution in [2.45, 2.75) is 44.8 Å². The Hall–Kier alpha value is -3.58. The number of nitrogens with one attached hydrogen (secondary N) is 1. The first-order valence-corrected chi connectivity index (χ1v) is 12.4. The van der Waals surface area contributed by atoms with Crippen molar-refractivity contribution >= 4 is 28.6 Å². The zero-order valence-electron chi connectivity index (χ0n) is 19.6. The highest BCUT2D eigenvalue weighted by Gasteiger charge is 2.39. The van der Waals surface area contributed by atoms with E-state index in [1.165, 1.54) is 16.5 Å². The molecular weight excluding hydrogens is 440 g/mol. The van der Waals surface area contributed by atoms with Crippen LogP contribution >= 0.6 is 0 Å². The third-order valence-electron chi connectivity index (χ3n) is 7.54. The van der Waals surface area contributed by atoms with Crippen molar-refractivity contribution in [2.24, 2.45) is 5.92 Å². The summed E-state index contributed by atoms with van der Waals surface area (Å²) in [7, 11) is 0. The number of rotatable bonds is 5. The molecule has 7 heteroatoms. The number of aromatic nitrogens is 1. The van der Waals surface area contributed by atoms with E-state index in [0.717, 1.165) is 43.6 Å². The van der Waals surface area contributed by atoms with E-state index >= 15 is 0 Å². The zero-order chi connectivity index (χ0) is 23.9. The van der Waals surface area contributed by atoms with Crippen LogP contribution in [0, 0.1) is 5.92 Å². The average Bonchev–Trinajstić information content (AvgIpc) is 3.42. The van der Waals surface area contributed by atoms with Gasteiger partial charge in [0.05, 0.1) is 5.52 Å². The molecule has 0 radical (unpaired) electrons. The standard InChI is InChI=1S/C28H28N4O3/c33-26-8-7-25(27(34)30-26)32-17-22-12-18(5-6-23(22)28(32)35)11-19-9-10-31(15-19)16-20-13-21-3-1-2-4-24(21)29-14-20/h1-6,12-14,19,25H,7-11,15-17H2,(H,30,33,34)/t19-,25?/m0/s1. The zero-order valence-corrected chi connectivity index (χ0v) is 19.6. The average molecular weight is 469 g/mol. The number of fused-ring (bicyclic) bond motifs is 2. The van der Waals surface area contributed by atoms with Crippen LogP contribution in [0.15, 0.2) is 54.7 Å². The topological polar surface area (TPSA) is 82.6 Å². The third kappa shape index (κ3) is 4.32. The molecule has 2 atom stereocenters. The van der Waals surface area contributed by atoms with Gasteiger partial charge >= 0.3 is 0 Å². The lowest BCUT2D eigenvalue weighted by atomic mass is 9.96. The Morgan fingerprint density at radius 2 is 1.89 bits per heavy atom. The predicted molar refractivity (Wildman–Crippen MR) is 131 cm³/mol. The lowest BCUT2D eigenvalue weighted by molar-refractivity contribution is -0.136. The number of hydrogen-bond donors (Lipinski definition) is 1. The molecule has 0 bridgehead atoms. The second kappa shape index (κ2) is 8.89. The first kappa shape index (κ1) is 21.9. The molecule has 2 fully saturated rings. The largest absolute Gasteiger partial charge is 0.322 e. The SMILES string of the molecule is O=C1CCC(N2Cc3cc(C[C@@H]4CCN(Cc5cnc6ccccc6c5)C4)ccc3C2=O)C(=O)N1. The molecule has 3 aliphatic heterocycles. The number of imide groups is 1. The van der Waals surface area contributed by atoms with Gasteiger partial charge in [-0.2, -0.15) is 0 Å². The fourth-order valence-corrected chi connectivity index (χ4v) is 5.77. The van der Waals surface area contributed by atoms with Crippen molar-refractivity contribution in [2.75, 3.05) is 13.1 Å². The number of carbonyl (C=O) groups excluding carboxylic acids is 3. The Morgan fingerprint density at radius 3 is 2.77 bits per heavy atom. The number of piperidine rings is 1. The fourth-order valence-electron chi connectivity index (χ4n) is 5.77. The molecular formula is C28H28N4O3. The Morgan fingerprint density at radius 1 is 1.00 bits per heavy atom. The monoisotopic (exact) mass is 468 g/mol. The molecule has 6 rings (SSSR count). The molecule has 3 aromatic rings. The quantitative estimate of drug-likeness (QED) is 0.582. The summed E-state index contributed by atoms with van der Waals surface area (Å²) in [5, 5.41) is 3.54. The van der Waals surface area contributed by atoms with Gasteiger partial charge in [0.15, 0.2) is 0 Å². The van der Waals surface area contributed by atoms with E-state index < -0.39 is 6.04 Å². The molecule has 0 spiro atoms. The van der Waals surface area contributed by atoms with Crippen LogP contribution < -0.4 is 5.32 Å². The highest BCUT2D eigenvalue weighted by Crippen LogP contribution is 2.30. The Kier molecular flexibility index (Phi) is 5.57. The number of hydrogen-bond acceptors (Lipinski definition) is 5. The van der Waals surface area contributed by atoms with Crippen LogP contribution in [0.4, 0.5) is 0 Å². The summed E-state index contributed by atoms with van der Waals surface area (Å²) >= 11 is 0. The van der Waals surface area contributed by atoms with Crippen LogP contribution in [0.3, 0.4) is 0 Å². The molecule has 7 nitrogen and oxygen atoms in total. The minimum Gasteiger partial charge on any atom is -0.322 e. The Labute approximate surface area is 204 Å². The molecule has 35 heavy (non-hydrogen) atoms. The summed E-state index contributed by atoms with van der Waals surface area (Å²) in [6, 6.07) is 16.0. The van der Waals surface area contributed by atoms with E-state index in [1.54, 1.807) is 4.90 Å². The van der Waals surface area contributed by atoms with Crippen LogP contribution in [0.1, 0.15) is 46.3 Å². The molecule has 178 valence electrons. The number of likely N-dealkylation sites (tertiary alicyclic amines) is 1. The Balaban J connectivity index is 1.08. The van der Waals surface area contributed by atoms with E-state index in [9.17, 15) is 14.4 Å². The number of para-hydroxylation sites is 1. The first-order valence-electron chi connectivity index (χ1n) is 12.4. The molecule has 1 aromatic heterocycles. The molecule has 0 saturated carbocycles. The number of amides is 3. The maximum absolute atomic E-state index is 12.9. The van der Waals surface area contributed by atoms with Crippen LogP contribution in [-0.4, -0.2) is 51.6 Å². The molecule has 3 amide bonds. The van der Waals surface area contributed by atoms with Gasteiger partial charge in [-0.15, -0.1) is 0 Å². The minimum atomic E-state index is -0.566. The second-order valence-corrected chi connectivity index (χ2v) is 10.0. The van der Waals surface area contributed by atoms with Gasteiger partial charge < -0.3 is 4.90 Å². The van der Waals surface area contributed by atoms with Crippen LogP contribution in [0.25, 0.3) is 10.9 Å². The van der Waals surface area contributed by atoms with Crippen molar-refractivity contribution in [3.63, 3.8) is 0 Å². The minimum absolute atomic E-state index is 0.114. The van der Waals surface area contributed by atoms with E-state index in [2.05, 4.69) is 39.5 Å². The van der Waals surface area contributed by atoms with Gasteiger partial charge in [-0.1, -0.05) is 30.3 Å². The summed E-state index contributed by atoms with van der Waals surface area (Å²) in [5.41, 5.74) is 5.17. The summed E-state index contributed by atoms with van der Waals surface area (Å²) < 4.78 is 0. The molecule has 3 aliphatic rings. The van der Waals surface area contributed by atoms with Crippen molar-refractivity contribution < 1.29 is 14.4 Å². The normalized spacial score (nSPS) is 22.6. The molecule has 1 unspecified atom stereocenters. The van der Waals surface area contributed by atoms with Crippen molar-refractivity contribution in [1.82, 2.24) is 20.1 Å². The maximum Gasteiger partial charge on any atom is 0.255 e. The molecule has 0 aliphatic carbocycles. The van der Waals surface area contributed by atoms with Gasteiger partial charge in [0.25, 0.3) is 5.91 Å². The highest BCUT2D eigenvalue weighted by atomic mass is 16.2. The van der Waals surface area contributed by atoms with Crippen molar-refractivity contribution in [1.29, 1.82) is 0 Å². The van der Waals surface area contributed by atoms with Crippen molar-refractivity contribution in [3.05, 3.63) is 77.0 Å². The summed E-state index contributed by atoms with van der Waals surface area (Å²) in [4.78, 5) is 45.4. The Bertz CT molecular complexity index is 1340. The number of benzene rings is 2. The van der Waals surface area contributed by atoms with Gasteiger partial charge in [0, 0.05) is 43.2 Å². The third-order valence-corrected chi connectivity index (χ3v) is 7.54. The second-order valence-electron chi connectivity index (χ2n) is 10.0. The number of nitrogens with zero attached hydrogens (tertiary/aromatic N) is 3.